The Bertz CT molecular complexity index is 1280. The molecule has 1 aromatic heterocycles. The number of nitrogens with one attached hydrogen (secondary N) is 1. The molecule has 13 heteroatoms. The molecule has 1 atom stereocenters. The molecular weight excluding hydrogens is 561 g/mol. The molecule has 0 bridgehead atoms. The average molecular weight is 590 g/mol. The molecule has 0 aliphatic heterocycles. The van der Waals surface area contributed by atoms with Crippen LogP contribution in [-0.2, 0) is 11.0 Å². The number of carbonyl (C=O) groups is 3. The van der Waals surface area contributed by atoms with Crippen molar-refractivity contribution in [2.45, 2.75) is 88.6 Å². The van der Waals surface area contributed by atoms with Crippen LogP contribution in [0.5, 0.6) is 0 Å². The van der Waals surface area contributed by atoms with Crippen molar-refractivity contribution in [3.05, 3.63) is 52.1 Å². The number of rotatable bonds is 8. The highest BCUT2D eigenvalue weighted by Crippen LogP contribution is 2.44. The molecule has 4 rings (SSSR count). The topological polar surface area (TPSA) is 101 Å². The molecule has 0 saturated heterocycles. The van der Waals surface area contributed by atoms with Gasteiger partial charge in [-0.1, -0.05) is 30.5 Å². The number of halogens is 6. The second kappa shape index (κ2) is 11.1. The van der Waals surface area contributed by atoms with Gasteiger partial charge in [0.05, 0.1) is 39.8 Å². The van der Waals surface area contributed by atoms with Crippen LogP contribution in [-0.4, -0.2) is 44.3 Å². The summed E-state index contributed by atoms with van der Waals surface area (Å²) in [5.74, 6) is -4.14. The van der Waals surface area contributed by atoms with E-state index in [1.807, 2.05) is 0 Å². The van der Waals surface area contributed by atoms with Crippen LogP contribution < -0.4 is 5.32 Å². The van der Waals surface area contributed by atoms with Gasteiger partial charge in [-0.2, -0.15) is 18.3 Å². The third-order valence-corrected chi connectivity index (χ3v) is 8.54. The van der Waals surface area contributed by atoms with Crippen molar-refractivity contribution in [3.8, 4) is 0 Å². The Labute approximate surface area is 232 Å². The summed E-state index contributed by atoms with van der Waals surface area (Å²) in [6.45, 7) is 1.53. The fourth-order valence-corrected chi connectivity index (χ4v) is 6.02. The van der Waals surface area contributed by atoms with Crippen molar-refractivity contribution in [3.63, 3.8) is 0 Å². The summed E-state index contributed by atoms with van der Waals surface area (Å²) in [5.41, 5.74) is -5.83. The lowest BCUT2D eigenvalue weighted by Gasteiger charge is -2.34. The fraction of sp³-hybridized carbons (Fsp3) is 0.556. The number of hydrogen-bond donors (Lipinski definition) is 2. The Morgan fingerprint density at radius 2 is 1.80 bits per heavy atom. The molecule has 2 fully saturated rings. The van der Waals surface area contributed by atoms with Gasteiger partial charge in [-0.15, -0.1) is 0 Å². The molecule has 0 spiro atoms. The first-order chi connectivity index (χ1) is 18.7. The second-order valence-corrected chi connectivity index (χ2v) is 11.3. The highest BCUT2D eigenvalue weighted by Gasteiger charge is 2.47. The van der Waals surface area contributed by atoms with E-state index >= 15 is 4.39 Å². The van der Waals surface area contributed by atoms with Crippen molar-refractivity contribution >= 4 is 29.3 Å². The third-order valence-electron chi connectivity index (χ3n) is 8.23. The fourth-order valence-electron chi connectivity index (χ4n) is 5.75. The highest BCUT2D eigenvalue weighted by atomic mass is 35.5. The van der Waals surface area contributed by atoms with Gasteiger partial charge in [0, 0.05) is 6.42 Å². The molecule has 2 aliphatic rings. The third kappa shape index (κ3) is 5.87. The molecule has 0 radical (unpaired) electrons. The van der Waals surface area contributed by atoms with E-state index in [9.17, 15) is 37.1 Å². The van der Waals surface area contributed by atoms with E-state index in [-0.39, 0.29) is 43.5 Å². The molecule has 1 unspecified atom stereocenters. The van der Waals surface area contributed by atoms with Crippen LogP contribution in [0.1, 0.15) is 97.2 Å². The zero-order valence-corrected chi connectivity index (χ0v) is 22.4. The van der Waals surface area contributed by atoms with Crippen LogP contribution in [0.3, 0.4) is 0 Å². The van der Waals surface area contributed by atoms with E-state index < -0.39 is 76.1 Å². The predicted octanol–water partition coefficient (Wildman–Crippen LogP) is 6.55. The zero-order valence-electron chi connectivity index (χ0n) is 21.7. The highest BCUT2D eigenvalue weighted by molar-refractivity contribution is 6.34. The number of amides is 1. The molecule has 1 heterocycles. The van der Waals surface area contributed by atoms with E-state index in [0.29, 0.717) is 17.5 Å². The summed E-state index contributed by atoms with van der Waals surface area (Å²) in [6, 6.07) is 1.23. The monoisotopic (exact) mass is 589 g/mol. The van der Waals surface area contributed by atoms with Gasteiger partial charge >= 0.3 is 12.1 Å². The molecule has 40 heavy (non-hydrogen) atoms. The van der Waals surface area contributed by atoms with Crippen LogP contribution in [0.4, 0.5) is 22.0 Å². The van der Waals surface area contributed by atoms with E-state index in [0.717, 1.165) is 12.3 Å². The number of aromatic nitrogens is 2. The second-order valence-electron chi connectivity index (χ2n) is 10.9. The maximum Gasteiger partial charge on any atom is 0.433 e. The number of aliphatic carboxylic acids is 1. The van der Waals surface area contributed by atoms with Crippen LogP contribution in [0.25, 0.3) is 0 Å². The van der Waals surface area contributed by atoms with Crippen molar-refractivity contribution in [1.29, 1.82) is 0 Å². The summed E-state index contributed by atoms with van der Waals surface area (Å²) in [6.07, 6.45) is -3.71. The number of benzene rings is 1. The number of carboxylic acid groups (broad SMARTS) is 1. The normalized spacial score (nSPS) is 23.5. The van der Waals surface area contributed by atoms with Crippen LogP contribution in [0.2, 0.25) is 5.02 Å². The number of ketones is 1. The van der Waals surface area contributed by atoms with Crippen molar-refractivity contribution < 1.29 is 41.4 Å². The van der Waals surface area contributed by atoms with Crippen LogP contribution >= 0.6 is 11.6 Å². The Balaban J connectivity index is 1.62. The van der Waals surface area contributed by atoms with E-state index in [1.165, 1.54) is 19.1 Å². The Morgan fingerprint density at radius 3 is 2.35 bits per heavy atom. The molecule has 1 aromatic carbocycles. The zero-order chi connectivity index (χ0) is 29.5. The summed E-state index contributed by atoms with van der Waals surface area (Å²) in [7, 11) is 0. The smallest absolute Gasteiger partial charge is 0.433 e. The molecule has 2 N–H and O–H groups in total. The molecule has 7 nitrogen and oxygen atoms in total. The van der Waals surface area contributed by atoms with Gasteiger partial charge in [-0.25, -0.2) is 8.78 Å². The van der Waals surface area contributed by atoms with Gasteiger partial charge < -0.3 is 10.4 Å². The van der Waals surface area contributed by atoms with E-state index in [4.69, 9.17) is 11.6 Å². The minimum absolute atomic E-state index is 0.0357. The first-order valence-electron chi connectivity index (χ1n) is 13.0. The maximum atomic E-state index is 15.9. The van der Waals surface area contributed by atoms with Crippen LogP contribution in [0, 0.1) is 11.2 Å². The summed E-state index contributed by atoms with van der Waals surface area (Å²) >= 11 is 5.98. The van der Waals surface area contributed by atoms with Crippen LogP contribution in [0.15, 0.2) is 24.4 Å². The first-order valence-corrected chi connectivity index (χ1v) is 13.4. The lowest BCUT2D eigenvalue weighted by atomic mass is 9.74. The number of alkyl halides is 4. The molecule has 218 valence electrons. The predicted molar refractivity (Wildman–Crippen MR) is 134 cm³/mol. The standard InChI is InChI=1S/C27H29ClF5N3O4/c1-25(24(39)40)11-7-15(8-12-25)36-22(27(31,32)33)16(14-34-36)23(38)35-20(26(30)9-2-3-10-26)13-19(37)21-17(28)5-4-6-18(21)29/h4-6,14-15,20H,2-3,7-13H2,1H3,(H,35,38)(H,39,40). The van der Waals surface area contributed by atoms with E-state index in [1.54, 1.807) is 0 Å². The molecule has 1 amide bonds. The Morgan fingerprint density at radius 1 is 1.18 bits per heavy atom. The number of nitrogens with zero attached hydrogens (tertiary/aromatic N) is 2. The van der Waals surface area contributed by atoms with Gasteiger partial charge in [-0.05, 0) is 57.6 Å². The SMILES string of the molecule is CC1(C(=O)O)CCC(n2ncc(C(=O)NC(CC(=O)c3c(F)cccc3Cl)C3(F)CCCC3)c2C(F)(F)F)CC1. The maximum absolute atomic E-state index is 15.9. The lowest BCUT2D eigenvalue weighted by Crippen LogP contribution is -2.50. The number of carbonyl (C=O) groups excluding carboxylic acids is 2. The molecular formula is C27H29ClF5N3O4. The summed E-state index contributed by atoms with van der Waals surface area (Å²) in [4.78, 5) is 37.8. The van der Waals surface area contributed by atoms with Crippen molar-refractivity contribution in [2.24, 2.45) is 5.41 Å². The average Bonchev–Trinajstić information content (AvgIpc) is 3.51. The van der Waals surface area contributed by atoms with Crippen molar-refractivity contribution in [2.75, 3.05) is 0 Å². The molecule has 2 saturated carbocycles. The van der Waals surface area contributed by atoms with E-state index in [2.05, 4.69) is 10.4 Å². The number of Topliss-reactive ketones (excluding diaryl/α,β-unsaturated/α-hetero) is 1. The first kappa shape index (κ1) is 30.0. The molecule has 2 aliphatic carbocycles. The number of carboxylic acids is 1. The minimum Gasteiger partial charge on any atom is -0.481 e. The number of hydrogen-bond acceptors (Lipinski definition) is 4. The van der Waals surface area contributed by atoms with Gasteiger partial charge in [0.2, 0.25) is 0 Å². The summed E-state index contributed by atoms with van der Waals surface area (Å²) < 4.78 is 73.7. The Kier molecular flexibility index (Phi) is 8.31. The quantitative estimate of drug-likeness (QED) is 0.268. The molecule has 2 aromatic rings. The van der Waals surface area contributed by atoms with Gasteiger partial charge in [0.25, 0.3) is 5.91 Å². The van der Waals surface area contributed by atoms with Gasteiger partial charge in [0.1, 0.15) is 11.5 Å². The van der Waals surface area contributed by atoms with Gasteiger partial charge in [0.15, 0.2) is 11.5 Å². The van der Waals surface area contributed by atoms with Gasteiger partial charge in [-0.3, -0.25) is 19.1 Å². The summed E-state index contributed by atoms with van der Waals surface area (Å²) in [5, 5.41) is 15.3. The Hall–Kier alpha value is -3.02. The largest absolute Gasteiger partial charge is 0.481 e. The van der Waals surface area contributed by atoms with Crippen molar-refractivity contribution in [1.82, 2.24) is 15.1 Å². The lowest BCUT2D eigenvalue weighted by molar-refractivity contribution is -0.152. The minimum atomic E-state index is -5.01.